The smallest absolute Gasteiger partial charge is 0.240 e. The van der Waals surface area contributed by atoms with E-state index in [4.69, 9.17) is 0 Å². The zero-order valence-electron chi connectivity index (χ0n) is 7.25. The number of hydrazine groups is 1. The molecule has 2 aliphatic heterocycles. The molecule has 1 saturated heterocycles. The maximum atomic E-state index is 4.40. The highest BCUT2D eigenvalue weighted by Crippen LogP contribution is 2.13. The Bertz CT molecular complexity index is 277. The summed E-state index contributed by atoms with van der Waals surface area (Å²) in [7, 11) is 1.93. The number of nitrogens with one attached hydrogen (secondary N) is 1. The first-order chi connectivity index (χ1) is 5.79. The van der Waals surface area contributed by atoms with Crippen LogP contribution in [-0.4, -0.2) is 48.8 Å². The van der Waals surface area contributed by atoms with E-state index in [1.54, 1.807) is 0 Å². The highest BCUT2D eigenvalue weighted by molar-refractivity contribution is 6.04. The Balaban J connectivity index is 2.21. The van der Waals surface area contributed by atoms with Crippen molar-refractivity contribution in [3.63, 3.8) is 0 Å². The molecule has 0 aliphatic carbocycles. The average molecular weight is 165 g/mol. The first-order valence-electron chi connectivity index (χ1n) is 4.03. The van der Waals surface area contributed by atoms with Gasteiger partial charge in [0, 0.05) is 6.54 Å². The maximum absolute atomic E-state index is 4.40. The summed E-state index contributed by atoms with van der Waals surface area (Å²) in [5, 5.41) is 2.13. The van der Waals surface area contributed by atoms with Gasteiger partial charge in [0.2, 0.25) is 6.67 Å². The highest BCUT2D eigenvalue weighted by Gasteiger charge is 2.26. The van der Waals surface area contributed by atoms with Crippen LogP contribution in [0.5, 0.6) is 0 Å². The van der Waals surface area contributed by atoms with Gasteiger partial charge in [-0.15, -0.1) is 0 Å². The van der Waals surface area contributed by atoms with Crippen LogP contribution in [0.3, 0.4) is 0 Å². The molecule has 0 amide bonds. The number of aliphatic imine (C=N–C) groups is 1. The van der Waals surface area contributed by atoms with Gasteiger partial charge in [-0.2, -0.15) is 4.58 Å². The molecular weight excluding hydrogens is 152 g/mol. The molecule has 0 aromatic heterocycles. The van der Waals surface area contributed by atoms with E-state index < -0.39 is 0 Å². The molecule has 1 fully saturated rings. The third kappa shape index (κ3) is 1.19. The topological polar surface area (TPSA) is 30.6 Å². The summed E-state index contributed by atoms with van der Waals surface area (Å²) in [5.74, 6) is 0. The minimum atomic E-state index is 0.691. The molecule has 0 saturated carbocycles. The van der Waals surface area contributed by atoms with Crippen molar-refractivity contribution < 1.29 is 4.58 Å². The molecule has 0 atom stereocenters. The largest absolute Gasteiger partial charge is 0.258 e. The summed E-state index contributed by atoms with van der Waals surface area (Å²) < 4.78 is 1.86. The summed E-state index contributed by atoms with van der Waals surface area (Å²) in [5.41, 5.74) is 5.59. The van der Waals surface area contributed by atoms with Crippen LogP contribution in [0.15, 0.2) is 16.8 Å². The van der Waals surface area contributed by atoms with E-state index >= 15 is 0 Å². The number of hydrogen-bond donors (Lipinski definition) is 1. The number of rotatable bonds is 1. The van der Waals surface area contributed by atoms with Gasteiger partial charge in [0.05, 0.1) is 17.8 Å². The van der Waals surface area contributed by atoms with Gasteiger partial charge in [0.1, 0.15) is 6.72 Å². The SMILES string of the molecule is C=[N+]1C=C2CN(NC)CC2=NC1. The fourth-order valence-corrected chi connectivity index (χ4v) is 1.50. The first-order valence-corrected chi connectivity index (χ1v) is 4.03. The van der Waals surface area contributed by atoms with Crippen molar-refractivity contribution >= 4 is 12.4 Å². The fraction of sp³-hybridized carbons (Fsp3) is 0.500. The second-order valence-electron chi connectivity index (χ2n) is 3.07. The van der Waals surface area contributed by atoms with Crippen molar-refractivity contribution in [1.82, 2.24) is 10.4 Å². The van der Waals surface area contributed by atoms with Crippen LogP contribution in [0.4, 0.5) is 0 Å². The zero-order chi connectivity index (χ0) is 8.55. The van der Waals surface area contributed by atoms with Gasteiger partial charge in [0.25, 0.3) is 0 Å². The Morgan fingerprint density at radius 3 is 3.25 bits per heavy atom. The van der Waals surface area contributed by atoms with Crippen molar-refractivity contribution in [2.45, 2.75) is 0 Å². The second-order valence-corrected chi connectivity index (χ2v) is 3.07. The lowest BCUT2D eigenvalue weighted by Gasteiger charge is -2.09. The quantitative estimate of drug-likeness (QED) is 0.528. The Morgan fingerprint density at radius 2 is 2.50 bits per heavy atom. The summed E-state index contributed by atoms with van der Waals surface area (Å²) in [6, 6.07) is 0. The molecule has 2 aliphatic rings. The molecule has 0 unspecified atom stereocenters. The van der Waals surface area contributed by atoms with E-state index in [0.29, 0.717) is 6.67 Å². The fourth-order valence-electron chi connectivity index (χ4n) is 1.50. The molecule has 0 bridgehead atoms. The maximum Gasteiger partial charge on any atom is 0.240 e. The van der Waals surface area contributed by atoms with E-state index in [-0.39, 0.29) is 0 Å². The van der Waals surface area contributed by atoms with Crippen molar-refractivity contribution in [2.24, 2.45) is 4.99 Å². The first kappa shape index (κ1) is 7.64. The minimum Gasteiger partial charge on any atom is -0.258 e. The number of fused-ring (bicyclic) bond motifs is 1. The van der Waals surface area contributed by atoms with Gasteiger partial charge in [-0.3, -0.25) is 5.43 Å². The molecule has 2 heterocycles. The number of hydrogen-bond acceptors (Lipinski definition) is 3. The average Bonchev–Trinajstić information content (AvgIpc) is 2.46. The molecule has 0 aromatic carbocycles. The van der Waals surface area contributed by atoms with E-state index in [2.05, 4.69) is 28.3 Å². The van der Waals surface area contributed by atoms with Gasteiger partial charge in [-0.1, -0.05) is 0 Å². The number of nitrogens with zero attached hydrogens (tertiary/aromatic N) is 3. The van der Waals surface area contributed by atoms with Crippen LogP contribution < -0.4 is 5.43 Å². The van der Waals surface area contributed by atoms with Crippen molar-refractivity contribution in [2.75, 3.05) is 26.8 Å². The van der Waals surface area contributed by atoms with Crippen LogP contribution in [0.1, 0.15) is 0 Å². The van der Waals surface area contributed by atoms with E-state index in [9.17, 15) is 0 Å². The molecule has 0 aromatic rings. The molecule has 64 valence electrons. The van der Waals surface area contributed by atoms with Gasteiger partial charge in [-0.25, -0.2) is 10.0 Å². The normalized spacial score (nSPS) is 23.6. The van der Waals surface area contributed by atoms with E-state index in [1.807, 2.05) is 11.6 Å². The third-order valence-electron chi connectivity index (χ3n) is 2.17. The van der Waals surface area contributed by atoms with Crippen molar-refractivity contribution in [3.8, 4) is 0 Å². The minimum absolute atomic E-state index is 0.691. The summed E-state index contributed by atoms with van der Waals surface area (Å²) in [6.45, 7) is 6.36. The molecule has 0 spiro atoms. The summed E-state index contributed by atoms with van der Waals surface area (Å²) >= 11 is 0. The standard InChI is InChI=1S/C8H13N4/c1-9-12-4-7-3-11(2)6-10-8(7)5-12/h3,9H,2,4-6H2,1H3/q+1. The lowest BCUT2D eigenvalue weighted by molar-refractivity contribution is -0.447. The summed E-state index contributed by atoms with van der Waals surface area (Å²) in [6.07, 6.45) is 2.07. The molecule has 0 radical (unpaired) electrons. The molecule has 12 heavy (non-hydrogen) atoms. The molecule has 4 heteroatoms. The predicted octanol–water partition coefficient (Wildman–Crippen LogP) is -0.554. The Hall–Kier alpha value is -1.00. The lowest BCUT2D eigenvalue weighted by atomic mass is 10.2. The molecular formula is C8H13N4+. The van der Waals surface area contributed by atoms with Gasteiger partial charge >= 0.3 is 0 Å². The van der Waals surface area contributed by atoms with Crippen LogP contribution in [0.2, 0.25) is 0 Å². The van der Waals surface area contributed by atoms with Crippen LogP contribution in [0, 0.1) is 0 Å². The van der Waals surface area contributed by atoms with Crippen molar-refractivity contribution in [3.05, 3.63) is 11.8 Å². The van der Waals surface area contributed by atoms with Crippen LogP contribution in [0.25, 0.3) is 0 Å². The second kappa shape index (κ2) is 2.80. The molecule has 2 rings (SSSR count). The van der Waals surface area contributed by atoms with Crippen LogP contribution >= 0.6 is 0 Å². The van der Waals surface area contributed by atoms with Crippen molar-refractivity contribution in [1.29, 1.82) is 0 Å². The predicted molar refractivity (Wildman–Crippen MR) is 48.4 cm³/mol. The van der Waals surface area contributed by atoms with E-state index in [1.165, 1.54) is 11.3 Å². The molecule has 4 nitrogen and oxygen atoms in total. The van der Waals surface area contributed by atoms with E-state index in [0.717, 1.165) is 13.1 Å². The third-order valence-corrected chi connectivity index (χ3v) is 2.17. The zero-order valence-corrected chi connectivity index (χ0v) is 7.25. The summed E-state index contributed by atoms with van der Waals surface area (Å²) in [4.78, 5) is 4.40. The van der Waals surface area contributed by atoms with Crippen LogP contribution in [-0.2, 0) is 0 Å². The monoisotopic (exact) mass is 165 g/mol. The Kier molecular flexibility index (Phi) is 1.78. The lowest BCUT2D eigenvalue weighted by Crippen LogP contribution is -2.32. The Labute approximate surface area is 71.9 Å². The Morgan fingerprint density at radius 1 is 1.67 bits per heavy atom. The van der Waals surface area contributed by atoms with Gasteiger partial charge < -0.3 is 0 Å². The highest BCUT2D eigenvalue weighted by atomic mass is 15.5. The van der Waals surface area contributed by atoms with Gasteiger partial charge in [0.15, 0.2) is 6.20 Å². The molecule has 1 N–H and O–H groups in total. The van der Waals surface area contributed by atoms with Gasteiger partial charge in [-0.05, 0) is 7.05 Å².